The number of hydrogen-bond acceptors (Lipinski definition) is 5. The highest BCUT2D eigenvalue weighted by Crippen LogP contribution is 2.35. The number of nitrogens with zero attached hydrogens (tertiary/aromatic N) is 4. The van der Waals surface area contributed by atoms with Crippen LogP contribution in [0.3, 0.4) is 0 Å². The quantitative estimate of drug-likeness (QED) is 0.609. The third-order valence-corrected chi connectivity index (χ3v) is 5.46. The van der Waals surface area contributed by atoms with Crippen LogP contribution in [0.1, 0.15) is 30.2 Å². The third-order valence-electron chi connectivity index (χ3n) is 5.46. The van der Waals surface area contributed by atoms with Crippen molar-refractivity contribution in [1.29, 1.82) is 0 Å². The molecular formula is C22H20F4N4O. The van der Waals surface area contributed by atoms with Gasteiger partial charge in [0.05, 0.1) is 6.10 Å². The van der Waals surface area contributed by atoms with Gasteiger partial charge in [-0.05, 0) is 48.6 Å². The van der Waals surface area contributed by atoms with E-state index in [1.807, 2.05) is 0 Å². The number of aromatic nitrogens is 3. The van der Waals surface area contributed by atoms with E-state index in [-0.39, 0.29) is 23.4 Å². The Kier molecular flexibility index (Phi) is 5.86. The van der Waals surface area contributed by atoms with Crippen LogP contribution in [0.25, 0.3) is 11.4 Å². The van der Waals surface area contributed by atoms with Gasteiger partial charge in [0.1, 0.15) is 11.6 Å². The van der Waals surface area contributed by atoms with Gasteiger partial charge in [-0.2, -0.15) is 13.2 Å². The number of benzene rings is 1. The highest BCUT2D eigenvalue weighted by atomic mass is 19.4. The van der Waals surface area contributed by atoms with E-state index >= 15 is 0 Å². The summed E-state index contributed by atoms with van der Waals surface area (Å²) in [4.78, 5) is 13.7. The van der Waals surface area contributed by atoms with Crippen LogP contribution >= 0.6 is 0 Å². The van der Waals surface area contributed by atoms with Gasteiger partial charge in [0, 0.05) is 37.1 Å². The second-order valence-corrected chi connectivity index (χ2v) is 7.49. The summed E-state index contributed by atoms with van der Waals surface area (Å²) >= 11 is 0. The first-order chi connectivity index (χ1) is 14.8. The van der Waals surface area contributed by atoms with Crippen LogP contribution in [0, 0.1) is 11.7 Å². The lowest BCUT2D eigenvalue weighted by atomic mass is 9.87. The molecule has 3 aromatic rings. The minimum Gasteiger partial charge on any atom is -0.388 e. The molecule has 0 saturated carbocycles. The van der Waals surface area contributed by atoms with E-state index in [2.05, 4.69) is 15.0 Å². The number of pyridine rings is 1. The lowest BCUT2D eigenvalue weighted by Gasteiger charge is -2.35. The second kappa shape index (κ2) is 8.58. The first kappa shape index (κ1) is 21.2. The van der Waals surface area contributed by atoms with Crippen LogP contribution < -0.4 is 4.90 Å². The van der Waals surface area contributed by atoms with Crippen LogP contribution in [0.2, 0.25) is 0 Å². The monoisotopic (exact) mass is 432 g/mol. The van der Waals surface area contributed by atoms with E-state index < -0.39 is 18.0 Å². The molecule has 4 rings (SSSR count). The van der Waals surface area contributed by atoms with Crippen molar-refractivity contribution in [3.8, 4) is 11.4 Å². The molecule has 1 aliphatic heterocycles. The first-order valence-electron chi connectivity index (χ1n) is 9.86. The Morgan fingerprint density at radius 1 is 0.968 bits per heavy atom. The summed E-state index contributed by atoms with van der Waals surface area (Å²) in [5.74, 6) is -0.269. The highest BCUT2D eigenvalue weighted by Gasteiger charge is 2.35. The molecule has 0 spiro atoms. The summed E-state index contributed by atoms with van der Waals surface area (Å²) < 4.78 is 53.4. The Hall–Kier alpha value is -3.07. The maximum atomic E-state index is 13.4. The summed E-state index contributed by atoms with van der Waals surface area (Å²) in [6.45, 7) is 0.875. The fourth-order valence-corrected chi connectivity index (χ4v) is 3.75. The molecular weight excluding hydrogens is 412 g/mol. The fourth-order valence-electron chi connectivity index (χ4n) is 3.75. The van der Waals surface area contributed by atoms with Crippen molar-refractivity contribution in [2.75, 3.05) is 18.0 Å². The van der Waals surface area contributed by atoms with Gasteiger partial charge in [-0.1, -0.05) is 12.1 Å². The van der Waals surface area contributed by atoms with Gasteiger partial charge in [-0.3, -0.25) is 4.98 Å². The van der Waals surface area contributed by atoms with E-state index in [9.17, 15) is 22.7 Å². The molecule has 1 aromatic carbocycles. The maximum absolute atomic E-state index is 13.4. The van der Waals surface area contributed by atoms with Crippen molar-refractivity contribution in [3.05, 3.63) is 71.9 Å². The topological polar surface area (TPSA) is 62.1 Å². The SMILES string of the molecule is OC(c1ccc(F)cc1)C1CCN(c2cc(C(F)(F)F)nc(-c3ccncc3)n2)CC1. The van der Waals surface area contributed by atoms with Gasteiger partial charge < -0.3 is 10.0 Å². The van der Waals surface area contributed by atoms with Gasteiger partial charge >= 0.3 is 6.18 Å². The molecule has 3 heterocycles. The lowest BCUT2D eigenvalue weighted by Crippen LogP contribution is -2.36. The molecule has 1 N–H and O–H groups in total. The molecule has 1 saturated heterocycles. The number of halogens is 4. The summed E-state index contributed by atoms with van der Waals surface area (Å²) in [5.41, 5.74) is 0.0722. The Morgan fingerprint density at radius 2 is 1.61 bits per heavy atom. The Labute approximate surface area is 176 Å². The Bertz CT molecular complexity index is 1020. The van der Waals surface area contributed by atoms with Gasteiger partial charge in [0.2, 0.25) is 0 Å². The third kappa shape index (κ3) is 4.82. The number of aliphatic hydroxyl groups excluding tert-OH is 1. The maximum Gasteiger partial charge on any atom is 0.433 e. The molecule has 0 amide bonds. The molecule has 162 valence electrons. The second-order valence-electron chi connectivity index (χ2n) is 7.49. The first-order valence-corrected chi connectivity index (χ1v) is 9.86. The number of piperidine rings is 1. The molecule has 0 bridgehead atoms. The number of alkyl halides is 3. The molecule has 1 unspecified atom stereocenters. The van der Waals surface area contributed by atoms with Crippen molar-refractivity contribution in [2.45, 2.75) is 25.1 Å². The Morgan fingerprint density at radius 3 is 2.23 bits per heavy atom. The molecule has 1 fully saturated rings. The van der Waals surface area contributed by atoms with Gasteiger partial charge in [0.15, 0.2) is 11.5 Å². The molecule has 9 heteroatoms. The number of hydrogen-bond donors (Lipinski definition) is 1. The van der Waals surface area contributed by atoms with Crippen molar-refractivity contribution in [1.82, 2.24) is 15.0 Å². The normalized spacial score (nSPS) is 16.4. The summed E-state index contributed by atoms with van der Waals surface area (Å²) in [7, 11) is 0. The molecule has 1 atom stereocenters. The molecule has 31 heavy (non-hydrogen) atoms. The number of anilines is 1. The number of aliphatic hydroxyl groups is 1. The van der Waals surface area contributed by atoms with Crippen LogP contribution in [-0.2, 0) is 6.18 Å². The van der Waals surface area contributed by atoms with E-state index in [1.165, 1.54) is 24.5 Å². The fraction of sp³-hybridized carbons (Fsp3) is 0.318. The van der Waals surface area contributed by atoms with Crippen molar-refractivity contribution in [3.63, 3.8) is 0 Å². The zero-order chi connectivity index (χ0) is 22.0. The molecule has 2 aromatic heterocycles. The smallest absolute Gasteiger partial charge is 0.388 e. The predicted molar refractivity (Wildman–Crippen MR) is 107 cm³/mol. The van der Waals surface area contributed by atoms with E-state index in [0.717, 1.165) is 6.07 Å². The zero-order valence-electron chi connectivity index (χ0n) is 16.4. The average Bonchev–Trinajstić information content (AvgIpc) is 2.79. The minimum atomic E-state index is -4.60. The molecule has 0 aliphatic carbocycles. The van der Waals surface area contributed by atoms with Crippen molar-refractivity contribution < 1.29 is 22.7 Å². The van der Waals surface area contributed by atoms with Gasteiger partial charge in [0.25, 0.3) is 0 Å². The summed E-state index contributed by atoms with van der Waals surface area (Å²) in [6, 6.07) is 9.78. The molecule has 5 nitrogen and oxygen atoms in total. The van der Waals surface area contributed by atoms with E-state index in [0.29, 0.717) is 37.1 Å². The lowest BCUT2D eigenvalue weighted by molar-refractivity contribution is -0.141. The largest absolute Gasteiger partial charge is 0.433 e. The zero-order valence-corrected chi connectivity index (χ0v) is 16.4. The molecule has 1 aliphatic rings. The van der Waals surface area contributed by atoms with Crippen molar-refractivity contribution in [2.24, 2.45) is 5.92 Å². The van der Waals surface area contributed by atoms with Crippen LogP contribution in [0.15, 0.2) is 54.9 Å². The minimum absolute atomic E-state index is 0.0132. The number of rotatable bonds is 4. The van der Waals surface area contributed by atoms with Crippen LogP contribution in [-0.4, -0.2) is 33.1 Å². The highest BCUT2D eigenvalue weighted by molar-refractivity contribution is 5.57. The van der Waals surface area contributed by atoms with Gasteiger partial charge in [-0.25, -0.2) is 14.4 Å². The molecule has 0 radical (unpaired) electrons. The van der Waals surface area contributed by atoms with Crippen molar-refractivity contribution >= 4 is 5.82 Å². The standard InChI is InChI=1S/C22H20F4N4O/c23-17-3-1-14(2-4-17)20(31)15-7-11-30(12-8-15)19-13-18(22(24,25)26)28-21(29-19)16-5-9-27-10-6-16/h1-6,9-10,13,15,20,31H,7-8,11-12H2. The van der Waals surface area contributed by atoms with Crippen LogP contribution in [0.4, 0.5) is 23.4 Å². The van der Waals surface area contributed by atoms with E-state index in [1.54, 1.807) is 29.2 Å². The Balaban J connectivity index is 1.54. The van der Waals surface area contributed by atoms with Crippen LogP contribution in [0.5, 0.6) is 0 Å². The van der Waals surface area contributed by atoms with Gasteiger partial charge in [-0.15, -0.1) is 0 Å². The van der Waals surface area contributed by atoms with E-state index in [4.69, 9.17) is 0 Å². The average molecular weight is 432 g/mol. The summed E-state index contributed by atoms with van der Waals surface area (Å²) in [5, 5.41) is 10.6. The summed E-state index contributed by atoms with van der Waals surface area (Å²) in [6.07, 6.45) is -1.28. The predicted octanol–water partition coefficient (Wildman–Crippen LogP) is 4.65.